The third kappa shape index (κ3) is 4.05. The Morgan fingerprint density at radius 3 is 2.63 bits per heavy atom. The average molecular weight is 494 g/mol. The molecule has 30 heavy (non-hydrogen) atoms. The van der Waals surface area contributed by atoms with Gasteiger partial charge in [0.25, 0.3) is 18.8 Å². The fourth-order valence-electron chi connectivity index (χ4n) is 2.81. The number of aliphatic hydroxyl groups is 1. The molecule has 1 aliphatic rings. The Hall–Kier alpha value is -2.87. The Labute approximate surface area is 173 Å². The normalized spacial score (nSPS) is 18.9. The summed E-state index contributed by atoms with van der Waals surface area (Å²) in [6.07, 6.45) is -6.60. The lowest BCUT2D eigenvalue weighted by atomic mass is 10.1. The van der Waals surface area contributed by atoms with Gasteiger partial charge in [-0.3, -0.25) is 4.79 Å². The number of amides is 1. The van der Waals surface area contributed by atoms with Gasteiger partial charge in [0.15, 0.2) is 0 Å². The first-order valence-electron chi connectivity index (χ1n) is 8.20. The van der Waals surface area contributed by atoms with Gasteiger partial charge >= 0.3 is 5.82 Å². The molecular weight excluding hydrogens is 482 g/mol. The molecule has 0 saturated carbocycles. The third-order valence-electron chi connectivity index (χ3n) is 4.22. The predicted molar refractivity (Wildman–Crippen MR) is 97.3 cm³/mol. The zero-order chi connectivity index (χ0) is 22.2. The fourth-order valence-corrected chi connectivity index (χ4v) is 3.27. The maximum absolute atomic E-state index is 13.3. The quantitative estimate of drug-likeness (QED) is 0.377. The summed E-state index contributed by atoms with van der Waals surface area (Å²) in [6.45, 7) is -0.0156. The van der Waals surface area contributed by atoms with Crippen molar-refractivity contribution in [3.05, 3.63) is 56.2 Å². The first kappa shape index (κ1) is 21.8. The van der Waals surface area contributed by atoms with Crippen molar-refractivity contribution in [1.82, 2.24) is 14.8 Å². The Kier molecular flexibility index (Phi) is 5.90. The summed E-state index contributed by atoms with van der Waals surface area (Å²) in [4.78, 5) is 22.8. The highest BCUT2D eigenvalue weighted by Crippen LogP contribution is 2.34. The second kappa shape index (κ2) is 8.10. The van der Waals surface area contributed by atoms with E-state index in [9.17, 15) is 37.6 Å². The largest absolute Gasteiger partial charge is 0.404 e. The summed E-state index contributed by atoms with van der Waals surface area (Å²) in [5.74, 6) is -1.63. The van der Waals surface area contributed by atoms with Gasteiger partial charge in [-0.1, -0.05) is 12.1 Å². The van der Waals surface area contributed by atoms with Gasteiger partial charge in [0.1, 0.15) is 10.2 Å². The molecule has 14 heteroatoms. The number of nitro groups is 1. The summed E-state index contributed by atoms with van der Waals surface area (Å²) >= 11 is 3.00. The summed E-state index contributed by atoms with van der Waals surface area (Å²) in [5.41, 5.74) is -4.02. The number of alkyl halides is 4. The molecule has 0 unspecified atom stereocenters. The van der Waals surface area contributed by atoms with Crippen LogP contribution in [0.25, 0.3) is 0 Å². The van der Waals surface area contributed by atoms with E-state index in [-0.39, 0.29) is 21.6 Å². The summed E-state index contributed by atoms with van der Waals surface area (Å²) < 4.78 is 53.8. The maximum Gasteiger partial charge on any atom is 0.404 e. The predicted octanol–water partition coefficient (Wildman–Crippen LogP) is 3.02. The van der Waals surface area contributed by atoms with E-state index in [4.69, 9.17) is 0 Å². The van der Waals surface area contributed by atoms with Crippen LogP contribution in [0.5, 0.6) is 0 Å². The van der Waals surface area contributed by atoms with E-state index in [1.165, 1.54) is 35.1 Å². The van der Waals surface area contributed by atoms with Crippen LogP contribution in [0.4, 0.5) is 23.4 Å². The topological polar surface area (TPSA) is 114 Å². The number of hydrazone groups is 1. The minimum atomic E-state index is -3.54. The second-order valence-electron chi connectivity index (χ2n) is 6.32. The van der Waals surface area contributed by atoms with E-state index in [2.05, 4.69) is 26.1 Å². The van der Waals surface area contributed by atoms with Crippen LogP contribution in [0.3, 0.4) is 0 Å². The van der Waals surface area contributed by atoms with Crippen LogP contribution >= 0.6 is 15.9 Å². The lowest BCUT2D eigenvalue weighted by molar-refractivity contribution is -0.390. The highest BCUT2D eigenvalue weighted by Gasteiger charge is 2.53. The monoisotopic (exact) mass is 493 g/mol. The minimum absolute atomic E-state index is 0.0156. The molecule has 160 valence electrons. The van der Waals surface area contributed by atoms with E-state index in [1.807, 2.05) is 0 Å². The first-order chi connectivity index (χ1) is 14.0. The molecule has 0 radical (unpaired) electrons. The summed E-state index contributed by atoms with van der Waals surface area (Å²) in [6, 6.07) is 5.42. The van der Waals surface area contributed by atoms with Gasteiger partial charge in [0.05, 0.1) is 17.8 Å². The van der Waals surface area contributed by atoms with Crippen molar-refractivity contribution in [2.45, 2.75) is 31.5 Å². The van der Waals surface area contributed by atoms with Gasteiger partial charge in [0.2, 0.25) is 5.72 Å². The van der Waals surface area contributed by atoms with Crippen molar-refractivity contribution in [2.75, 3.05) is 0 Å². The van der Waals surface area contributed by atoms with Gasteiger partial charge in [-0.25, -0.2) is 17.6 Å². The molecule has 9 nitrogen and oxygen atoms in total. The Morgan fingerprint density at radius 1 is 1.37 bits per heavy atom. The number of carbonyl (C=O) groups excluding carboxylic acids is 1. The smallest absolute Gasteiger partial charge is 0.364 e. The summed E-state index contributed by atoms with van der Waals surface area (Å²) in [7, 11) is 0. The number of rotatable bonds is 6. The zero-order valence-electron chi connectivity index (χ0n) is 14.8. The zero-order valence-corrected chi connectivity index (χ0v) is 16.3. The molecule has 0 spiro atoms. The van der Waals surface area contributed by atoms with Gasteiger partial charge in [0, 0.05) is 12.0 Å². The van der Waals surface area contributed by atoms with Crippen LogP contribution in [-0.4, -0.2) is 55.0 Å². The van der Waals surface area contributed by atoms with E-state index < -0.39 is 47.4 Å². The second-order valence-corrected chi connectivity index (χ2v) is 7.18. The van der Waals surface area contributed by atoms with Crippen molar-refractivity contribution < 1.29 is 32.4 Å². The molecule has 1 aromatic carbocycles. The van der Waals surface area contributed by atoms with Crippen LogP contribution in [0.15, 0.2) is 40.0 Å². The van der Waals surface area contributed by atoms with Crippen molar-refractivity contribution in [3.8, 4) is 0 Å². The number of carbonyl (C=O) groups is 1. The molecule has 0 fully saturated rings. The van der Waals surface area contributed by atoms with Crippen molar-refractivity contribution in [3.63, 3.8) is 0 Å². The van der Waals surface area contributed by atoms with Gasteiger partial charge < -0.3 is 15.2 Å². The standard InChI is InChI=1S/C16H12BrF4N5O4/c17-10-7-24(23-13(10)26(29)30)6-8-2-1-3-9(4-8)14(27)25-16(28,15(20)21)5-11(22-25)12(18)19/h1-4,7,12,15,28H,5-6H2/t16-/m0/s1. The van der Waals surface area contributed by atoms with Crippen molar-refractivity contribution in [1.29, 1.82) is 0 Å². The number of aromatic nitrogens is 2. The summed E-state index contributed by atoms with van der Waals surface area (Å²) in [5, 5.41) is 27.9. The number of hydrogen-bond donors (Lipinski definition) is 1. The SMILES string of the molecule is O=C(c1cccc(Cn2cc(Br)c([N+](=O)[O-])n2)c1)N1N=C(C(F)F)C[C@]1(O)C(F)F. The maximum atomic E-state index is 13.3. The van der Waals surface area contributed by atoms with Crippen molar-refractivity contribution >= 4 is 33.4 Å². The highest BCUT2D eigenvalue weighted by atomic mass is 79.9. The number of halogens is 5. The van der Waals surface area contributed by atoms with Crippen LogP contribution in [0.2, 0.25) is 0 Å². The Morgan fingerprint density at radius 2 is 2.07 bits per heavy atom. The Balaban J connectivity index is 1.88. The first-order valence-corrected chi connectivity index (χ1v) is 8.99. The lowest BCUT2D eigenvalue weighted by Crippen LogP contribution is -2.51. The average Bonchev–Trinajstić information content (AvgIpc) is 3.22. The molecule has 1 N–H and O–H groups in total. The van der Waals surface area contributed by atoms with E-state index in [0.29, 0.717) is 5.56 Å². The van der Waals surface area contributed by atoms with E-state index in [0.717, 1.165) is 0 Å². The molecule has 3 rings (SSSR count). The lowest BCUT2D eigenvalue weighted by Gasteiger charge is -2.30. The van der Waals surface area contributed by atoms with E-state index in [1.54, 1.807) is 0 Å². The van der Waals surface area contributed by atoms with Gasteiger partial charge in [-0.2, -0.15) is 14.8 Å². The molecule has 1 atom stereocenters. The molecule has 1 aliphatic heterocycles. The molecule has 0 saturated heterocycles. The van der Waals surface area contributed by atoms with E-state index >= 15 is 0 Å². The van der Waals surface area contributed by atoms with Crippen LogP contribution < -0.4 is 0 Å². The van der Waals surface area contributed by atoms with Gasteiger partial charge in [-0.15, -0.1) is 0 Å². The molecule has 2 heterocycles. The highest BCUT2D eigenvalue weighted by molar-refractivity contribution is 9.10. The van der Waals surface area contributed by atoms with Crippen LogP contribution in [0.1, 0.15) is 22.3 Å². The molecule has 0 aliphatic carbocycles. The molecule has 1 amide bonds. The third-order valence-corrected chi connectivity index (χ3v) is 4.78. The molecule has 2 aromatic rings. The minimum Gasteiger partial charge on any atom is -0.364 e. The molecular formula is C16H12BrF4N5O4. The van der Waals surface area contributed by atoms with Crippen LogP contribution in [0, 0.1) is 10.1 Å². The molecule has 1 aromatic heterocycles. The number of benzene rings is 1. The van der Waals surface area contributed by atoms with Gasteiger partial charge in [-0.05, 0) is 38.5 Å². The Bertz CT molecular complexity index is 1030. The molecule has 0 bridgehead atoms. The number of nitrogens with zero attached hydrogens (tertiary/aromatic N) is 5. The fraction of sp³-hybridized carbons (Fsp3) is 0.312. The van der Waals surface area contributed by atoms with Crippen molar-refractivity contribution in [2.24, 2.45) is 5.10 Å². The number of hydrogen-bond acceptors (Lipinski definition) is 6. The van der Waals surface area contributed by atoms with Crippen LogP contribution in [-0.2, 0) is 6.54 Å².